The molecule has 0 aliphatic heterocycles. The van der Waals surface area contributed by atoms with Crippen molar-refractivity contribution in [3.8, 4) is 0 Å². The van der Waals surface area contributed by atoms with Crippen LogP contribution in [0.2, 0.25) is 0 Å². The Morgan fingerprint density at radius 3 is 1.38 bits per heavy atom. The average Bonchev–Trinajstić information content (AvgIpc) is 2.70. The van der Waals surface area contributed by atoms with E-state index in [1.165, 1.54) is 57.8 Å². The van der Waals surface area contributed by atoms with Crippen molar-refractivity contribution in [2.75, 3.05) is 6.16 Å². The topological polar surface area (TPSA) is 20.2 Å². The summed E-state index contributed by atoms with van der Waals surface area (Å²) >= 11 is 0. The van der Waals surface area contributed by atoms with Crippen molar-refractivity contribution < 1.29 is 4.89 Å². The van der Waals surface area contributed by atoms with E-state index in [0.29, 0.717) is 0 Å². The molecule has 2 aromatic carbocycles. The van der Waals surface area contributed by atoms with Crippen molar-refractivity contribution in [2.45, 2.75) is 71.1 Å². The van der Waals surface area contributed by atoms with Crippen molar-refractivity contribution in [3.05, 3.63) is 60.7 Å². The molecule has 0 fully saturated rings. The maximum absolute atomic E-state index is 11.6. The first-order chi connectivity index (χ1) is 12.8. The summed E-state index contributed by atoms with van der Waals surface area (Å²) in [6.45, 7) is 2.27. The molecule has 0 saturated carbocycles. The molecule has 0 atom stereocenters. The molecule has 0 aliphatic rings. The van der Waals surface area contributed by atoms with E-state index in [4.69, 9.17) is 0 Å². The molecule has 0 aromatic heterocycles. The van der Waals surface area contributed by atoms with E-state index in [-0.39, 0.29) is 0 Å². The fourth-order valence-corrected chi connectivity index (χ4v) is 6.91. The molecule has 144 valence electrons. The van der Waals surface area contributed by atoms with Crippen molar-refractivity contribution in [3.63, 3.8) is 0 Å². The van der Waals surface area contributed by atoms with Crippen LogP contribution in [0.15, 0.2) is 60.7 Å². The van der Waals surface area contributed by atoms with Gasteiger partial charge in [0.25, 0.3) is 0 Å². The van der Waals surface area contributed by atoms with Gasteiger partial charge < -0.3 is 0 Å². The molecular weight excluding hydrogens is 335 g/mol. The fraction of sp³-hybridized carbons (Fsp3) is 0.500. The Balaban J connectivity index is 1.78. The van der Waals surface area contributed by atoms with Gasteiger partial charge in [0.05, 0.1) is 0 Å². The number of unbranched alkanes of at least 4 members (excludes halogenated alkanes) is 9. The predicted octanol–water partition coefficient (Wildman–Crippen LogP) is 6.22. The molecular formula is C24H37OP. The number of rotatable bonds is 13. The Labute approximate surface area is 161 Å². The van der Waals surface area contributed by atoms with Crippen LogP contribution in [0.3, 0.4) is 0 Å². The van der Waals surface area contributed by atoms with E-state index in [0.717, 1.165) is 23.2 Å². The Bertz CT molecular complexity index is 542. The minimum atomic E-state index is -2.59. The second-order valence-corrected chi connectivity index (χ2v) is 10.9. The third-order valence-electron chi connectivity index (χ3n) is 5.39. The Morgan fingerprint density at radius 2 is 0.962 bits per heavy atom. The van der Waals surface area contributed by atoms with Gasteiger partial charge in [-0.2, -0.15) is 0 Å². The molecule has 0 amide bonds. The van der Waals surface area contributed by atoms with Gasteiger partial charge in [0.15, 0.2) is 0 Å². The van der Waals surface area contributed by atoms with Crippen LogP contribution in [0.25, 0.3) is 0 Å². The third-order valence-corrected chi connectivity index (χ3v) is 9.05. The molecule has 0 spiro atoms. The average molecular weight is 373 g/mol. The molecule has 26 heavy (non-hydrogen) atoms. The van der Waals surface area contributed by atoms with E-state index in [1.54, 1.807) is 0 Å². The summed E-state index contributed by atoms with van der Waals surface area (Å²) in [5, 5.41) is 2.28. The predicted molar refractivity (Wildman–Crippen MR) is 119 cm³/mol. The van der Waals surface area contributed by atoms with Gasteiger partial charge in [0.2, 0.25) is 0 Å². The molecule has 0 bridgehead atoms. The summed E-state index contributed by atoms with van der Waals surface area (Å²) in [6, 6.07) is 20.7. The normalized spacial score (nSPS) is 12.2. The fourth-order valence-electron chi connectivity index (χ4n) is 3.75. The van der Waals surface area contributed by atoms with Gasteiger partial charge in [-0.15, -0.1) is 0 Å². The van der Waals surface area contributed by atoms with Gasteiger partial charge >= 0.3 is 161 Å². The van der Waals surface area contributed by atoms with E-state index >= 15 is 0 Å². The molecule has 0 unspecified atom stereocenters. The molecule has 1 N–H and O–H groups in total. The standard InChI is InChI=1S/C24H37OP/c1-2-3-4-5-6-7-8-9-10-17-22-26(25,23-18-13-11-14-19-23)24-20-15-12-16-21-24/h11-16,18-21,25-26H,2-10,17,22H2,1H3. The Hall–Kier alpha value is -1.17. The second kappa shape index (κ2) is 12.3. The number of hydrogen-bond acceptors (Lipinski definition) is 1. The van der Waals surface area contributed by atoms with Crippen LogP contribution in [0.4, 0.5) is 0 Å². The van der Waals surface area contributed by atoms with Crippen LogP contribution in [0, 0.1) is 0 Å². The molecule has 0 aliphatic carbocycles. The third kappa shape index (κ3) is 6.86. The Morgan fingerprint density at radius 1 is 0.577 bits per heavy atom. The van der Waals surface area contributed by atoms with E-state index in [1.807, 2.05) is 12.1 Å². The van der Waals surface area contributed by atoms with Crippen molar-refractivity contribution in [2.24, 2.45) is 0 Å². The van der Waals surface area contributed by atoms with Gasteiger partial charge in [-0.3, -0.25) is 0 Å². The minimum absolute atomic E-state index is 0.928. The van der Waals surface area contributed by atoms with Crippen LogP contribution < -0.4 is 10.6 Å². The summed E-state index contributed by atoms with van der Waals surface area (Å²) in [4.78, 5) is 11.6. The van der Waals surface area contributed by atoms with Gasteiger partial charge in [0, 0.05) is 0 Å². The Kier molecular flexibility index (Phi) is 9.96. The van der Waals surface area contributed by atoms with Gasteiger partial charge in [-0.05, 0) is 0 Å². The zero-order chi connectivity index (χ0) is 18.5. The van der Waals surface area contributed by atoms with Crippen molar-refractivity contribution >= 4 is 18.1 Å². The summed E-state index contributed by atoms with van der Waals surface area (Å²) < 4.78 is 0. The summed E-state index contributed by atoms with van der Waals surface area (Å²) in [5.74, 6) is 0. The SMILES string of the molecule is CCCCCCCCCCCC[PH](O)(c1ccccc1)c1ccccc1. The first-order valence-electron chi connectivity index (χ1n) is 10.6. The van der Waals surface area contributed by atoms with Crippen molar-refractivity contribution in [1.82, 2.24) is 0 Å². The second-order valence-electron chi connectivity index (χ2n) is 7.52. The van der Waals surface area contributed by atoms with Gasteiger partial charge in [-0.25, -0.2) is 0 Å². The first kappa shape index (κ1) is 21.1. The summed E-state index contributed by atoms with van der Waals surface area (Å²) in [7, 11) is -2.59. The van der Waals surface area contributed by atoms with E-state index in [2.05, 4.69) is 55.5 Å². The van der Waals surface area contributed by atoms with Crippen molar-refractivity contribution in [1.29, 1.82) is 0 Å². The van der Waals surface area contributed by atoms with Gasteiger partial charge in [-0.1, -0.05) is 0 Å². The number of hydrogen-bond donors (Lipinski definition) is 1. The molecule has 0 heterocycles. The van der Waals surface area contributed by atoms with E-state index < -0.39 is 7.49 Å². The molecule has 2 heteroatoms. The molecule has 2 aromatic rings. The van der Waals surface area contributed by atoms with Crippen LogP contribution in [-0.2, 0) is 0 Å². The maximum atomic E-state index is 11.6. The number of benzene rings is 2. The van der Waals surface area contributed by atoms with Gasteiger partial charge in [0.1, 0.15) is 0 Å². The first-order valence-corrected chi connectivity index (χ1v) is 12.8. The van der Waals surface area contributed by atoms with Crippen LogP contribution >= 0.6 is 7.49 Å². The van der Waals surface area contributed by atoms with Crippen LogP contribution in [-0.4, -0.2) is 11.1 Å². The zero-order valence-electron chi connectivity index (χ0n) is 16.5. The zero-order valence-corrected chi connectivity index (χ0v) is 17.5. The van der Waals surface area contributed by atoms with E-state index in [9.17, 15) is 4.89 Å². The summed E-state index contributed by atoms with van der Waals surface area (Å²) in [5.41, 5.74) is 0. The summed E-state index contributed by atoms with van der Waals surface area (Å²) in [6.07, 6.45) is 14.3. The molecule has 1 nitrogen and oxygen atoms in total. The van der Waals surface area contributed by atoms with Crippen LogP contribution in [0.5, 0.6) is 0 Å². The monoisotopic (exact) mass is 372 g/mol. The molecule has 2 rings (SSSR count). The molecule has 0 radical (unpaired) electrons. The molecule has 0 saturated heterocycles. The quantitative estimate of drug-likeness (QED) is 0.327. The van der Waals surface area contributed by atoms with Crippen LogP contribution in [0.1, 0.15) is 71.1 Å².